The minimum Gasteiger partial charge on any atom is -0.373 e. The van der Waals surface area contributed by atoms with Crippen molar-refractivity contribution >= 4 is 10.9 Å². The first-order valence-electron chi connectivity index (χ1n) is 7.14. The number of hydrogen-bond donors (Lipinski definition) is 1. The average Bonchev–Trinajstić information content (AvgIpc) is 2.97. The smallest absolute Gasteiger partial charge is 0.0758 e. The van der Waals surface area contributed by atoms with Gasteiger partial charge in [-0.2, -0.15) is 0 Å². The molecule has 1 aliphatic heterocycles. The number of benzene rings is 1. The highest BCUT2D eigenvalue weighted by molar-refractivity contribution is 5.80. The van der Waals surface area contributed by atoms with Crippen LogP contribution in [0, 0.1) is 0 Å². The normalized spacial score (nSPS) is 23.3. The molecule has 2 heterocycles. The van der Waals surface area contributed by atoms with Gasteiger partial charge in [0.05, 0.1) is 12.2 Å². The van der Waals surface area contributed by atoms with E-state index in [0.29, 0.717) is 12.2 Å². The van der Waals surface area contributed by atoms with Crippen LogP contribution in [0.5, 0.6) is 0 Å². The quantitative estimate of drug-likeness (QED) is 0.912. The minimum absolute atomic E-state index is 0.377. The van der Waals surface area contributed by atoms with Crippen molar-refractivity contribution in [3.05, 3.63) is 36.0 Å². The molecule has 102 valence electrons. The first-order chi connectivity index (χ1) is 9.26. The van der Waals surface area contributed by atoms with E-state index >= 15 is 0 Å². The van der Waals surface area contributed by atoms with Gasteiger partial charge in [-0.05, 0) is 56.0 Å². The summed E-state index contributed by atoms with van der Waals surface area (Å²) in [7, 11) is 1.98. The average molecular weight is 258 g/mol. The molecule has 3 heteroatoms. The molecule has 2 aromatic rings. The Kier molecular flexibility index (Phi) is 3.58. The van der Waals surface area contributed by atoms with Gasteiger partial charge in [0.2, 0.25) is 0 Å². The number of rotatable bonds is 4. The fourth-order valence-corrected chi connectivity index (χ4v) is 2.96. The third-order valence-electron chi connectivity index (χ3n) is 3.94. The Bertz CT molecular complexity index is 561. The van der Waals surface area contributed by atoms with Gasteiger partial charge in [-0.1, -0.05) is 6.07 Å². The zero-order valence-corrected chi connectivity index (χ0v) is 11.7. The number of nitrogens with zero attached hydrogens (tertiary/aromatic N) is 1. The van der Waals surface area contributed by atoms with E-state index in [1.807, 2.05) is 7.05 Å². The lowest BCUT2D eigenvalue weighted by Crippen LogP contribution is -2.15. The van der Waals surface area contributed by atoms with Gasteiger partial charge >= 0.3 is 0 Å². The van der Waals surface area contributed by atoms with E-state index in [2.05, 4.69) is 47.3 Å². The van der Waals surface area contributed by atoms with Crippen LogP contribution in [0.1, 0.15) is 25.3 Å². The Morgan fingerprint density at radius 2 is 2.21 bits per heavy atom. The van der Waals surface area contributed by atoms with Gasteiger partial charge in [-0.15, -0.1) is 0 Å². The second-order valence-corrected chi connectivity index (χ2v) is 5.54. The summed E-state index contributed by atoms with van der Waals surface area (Å²) < 4.78 is 8.24. The standard InChI is InChI=1S/C16H22N2O/c1-12-3-5-15(19-12)11-18-8-7-14-9-13(10-17-2)4-6-16(14)18/h4,6-9,12,15,17H,3,5,10-11H2,1-2H3. The Labute approximate surface area is 114 Å². The summed E-state index contributed by atoms with van der Waals surface area (Å²) in [5.74, 6) is 0. The molecule has 1 saturated heterocycles. The van der Waals surface area contributed by atoms with Gasteiger partial charge in [0.15, 0.2) is 0 Å². The Balaban J connectivity index is 1.80. The lowest BCUT2D eigenvalue weighted by Gasteiger charge is -2.13. The number of ether oxygens (including phenoxy) is 1. The summed E-state index contributed by atoms with van der Waals surface area (Å²) >= 11 is 0. The van der Waals surface area contributed by atoms with E-state index in [4.69, 9.17) is 4.74 Å². The molecular weight excluding hydrogens is 236 g/mol. The van der Waals surface area contributed by atoms with Gasteiger partial charge in [0.25, 0.3) is 0 Å². The molecule has 0 saturated carbocycles. The van der Waals surface area contributed by atoms with Crippen molar-refractivity contribution < 1.29 is 4.74 Å². The summed E-state index contributed by atoms with van der Waals surface area (Å²) in [5.41, 5.74) is 2.64. The lowest BCUT2D eigenvalue weighted by atomic mass is 10.1. The molecule has 1 fully saturated rings. The van der Waals surface area contributed by atoms with Gasteiger partial charge in [-0.3, -0.25) is 0 Å². The molecule has 0 spiro atoms. The van der Waals surface area contributed by atoms with E-state index in [1.165, 1.54) is 29.3 Å². The van der Waals surface area contributed by atoms with Gasteiger partial charge in [0.1, 0.15) is 0 Å². The SMILES string of the molecule is CNCc1ccc2c(ccn2CC2CCC(C)O2)c1. The molecule has 0 radical (unpaired) electrons. The number of fused-ring (bicyclic) bond motifs is 1. The summed E-state index contributed by atoms with van der Waals surface area (Å²) in [6, 6.07) is 8.89. The van der Waals surface area contributed by atoms with Crippen molar-refractivity contribution in [1.82, 2.24) is 9.88 Å². The lowest BCUT2D eigenvalue weighted by molar-refractivity contribution is 0.0465. The number of hydrogen-bond acceptors (Lipinski definition) is 2. The van der Waals surface area contributed by atoms with E-state index in [9.17, 15) is 0 Å². The largest absolute Gasteiger partial charge is 0.373 e. The molecule has 3 nitrogen and oxygen atoms in total. The molecule has 1 aromatic carbocycles. The van der Waals surface area contributed by atoms with Crippen molar-refractivity contribution in [3.8, 4) is 0 Å². The Morgan fingerprint density at radius 3 is 2.95 bits per heavy atom. The first kappa shape index (κ1) is 12.7. The maximum absolute atomic E-state index is 5.91. The van der Waals surface area contributed by atoms with Crippen LogP contribution < -0.4 is 5.32 Å². The van der Waals surface area contributed by atoms with Crippen molar-refractivity contribution in [2.24, 2.45) is 0 Å². The third kappa shape index (κ3) is 2.67. The molecule has 1 aliphatic rings. The van der Waals surface area contributed by atoms with Gasteiger partial charge < -0.3 is 14.6 Å². The molecule has 3 rings (SSSR count). The van der Waals surface area contributed by atoms with Crippen LogP contribution in [0.15, 0.2) is 30.5 Å². The fourth-order valence-electron chi connectivity index (χ4n) is 2.96. The predicted molar refractivity (Wildman–Crippen MR) is 78.3 cm³/mol. The van der Waals surface area contributed by atoms with Crippen LogP contribution in [0.3, 0.4) is 0 Å². The predicted octanol–water partition coefficient (Wildman–Crippen LogP) is 2.93. The minimum atomic E-state index is 0.377. The first-order valence-corrected chi connectivity index (χ1v) is 7.14. The molecule has 2 unspecified atom stereocenters. The maximum atomic E-state index is 5.91. The molecule has 0 amide bonds. The molecule has 2 atom stereocenters. The van der Waals surface area contributed by atoms with Gasteiger partial charge in [-0.25, -0.2) is 0 Å². The van der Waals surface area contributed by atoms with Crippen LogP contribution in [-0.2, 0) is 17.8 Å². The highest BCUT2D eigenvalue weighted by Crippen LogP contribution is 2.23. The monoisotopic (exact) mass is 258 g/mol. The highest BCUT2D eigenvalue weighted by atomic mass is 16.5. The van der Waals surface area contributed by atoms with Crippen molar-refractivity contribution in [1.29, 1.82) is 0 Å². The Morgan fingerprint density at radius 1 is 1.32 bits per heavy atom. The van der Waals surface area contributed by atoms with E-state index < -0.39 is 0 Å². The summed E-state index contributed by atoms with van der Waals surface area (Å²) in [5, 5.41) is 4.51. The zero-order valence-electron chi connectivity index (χ0n) is 11.7. The fraction of sp³-hybridized carbons (Fsp3) is 0.500. The molecule has 1 aromatic heterocycles. The van der Waals surface area contributed by atoms with Gasteiger partial charge in [0, 0.05) is 24.8 Å². The molecular formula is C16H22N2O. The zero-order chi connectivity index (χ0) is 13.2. The van der Waals surface area contributed by atoms with E-state index in [-0.39, 0.29) is 0 Å². The van der Waals surface area contributed by atoms with Crippen LogP contribution in [-0.4, -0.2) is 23.8 Å². The van der Waals surface area contributed by atoms with Crippen LogP contribution in [0.25, 0.3) is 10.9 Å². The Hall–Kier alpha value is -1.32. The third-order valence-corrected chi connectivity index (χ3v) is 3.94. The molecule has 0 bridgehead atoms. The summed E-state index contributed by atoms with van der Waals surface area (Å²) in [6.07, 6.45) is 5.35. The molecule has 0 aliphatic carbocycles. The topological polar surface area (TPSA) is 26.2 Å². The van der Waals surface area contributed by atoms with E-state index in [0.717, 1.165) is 13.1 Å². The van der Waals surface area contributed by atoms with Crippen LogP contribution in [0.4, 0.5) is 0 Å². The second-order valence-electron chi connectivity index (χ2n) is 5.54. The van der Waals surface area contributed by atoms with Crippen molar-refractivity contribution in [3.63, 3.8) is 0 Å². The summed E-state index contributed by atoms with van der Waals surface area (Å²) in [4.78, 5) is 0. The van der Waals surface area contributed by atoms with Crippen LogP contribution >= 0.6 is 0 Å². The maximum Gasteiger partial charge on any atom is 0.0758 e. The van der Waals surface area contributed by atoms with Crippen LogP contribution in [0.2, 0.25) is 0 Å². The number of nitrogens with one attached hydrogen (secondary N) is 1. The number of aromatic nitrogens is 1. The molecule has 1 N–H and O–H groups in total. The molecule has 19 heavy (non-hydrogen) atoms. The van der Waals surface area contributed by atoms with E-state index in [1.54, 1.807) is 0 Å². The summed E-state index contributed by atoms with van der Waals surface area (Å²) in [6.45, 7) is 4.06. The van der Waals surface area contributed by atoms with Crippen molar-refractivity contribution in [2.75, 3.05) is 7.05 Å². The second kappa shape index (κ2) is 5.35. The highest BCUT2D eigenvalue weighted by Gasteiger charge is 2.22. The van der Waals surface area contributed by atoms with Crippen molar-refractivity contribution in [2.45, 2.75) is 45.1 Å².